The van der Waals surface area contributed by atoms with Crippen LogP contribution in [0, 0.1) is 0 Å². The molecule has 0 aliphatic carbocycles. The van der Waals surface area contributed by atoms with Gasteiger partial charge >= 0.3 is 12.2 Å². The number of hydrogen-bond acceptors (Lipinski definition) is 4. The number of carbonyl (C=O) groups excluding carboxylic acids is 2. The van der Waals surface area contributed by atoms with Gasteiger partial charge in [0.15, 0.2) is 0 Å². The lowest BCUT2D eigenvalue weighted by atomic mass is 10.3. The molecule has 0 fully saturated rings. The maximum absolute atomic E-state index is 11.1. The first-order valence-corrected chi connectivity index (χ1v) is 4.97. The normalized spacial score (nSPS) is 10.5. The molecule has 0 saturated carbocycles. The quantitative estimate of drug-likeness (QED) is 0.739. The third-order valence-electron chi connectivity index (χ3n) is 1.50. The minimum absolute atomic E-state index is 0.313. The number of para-hydroxylation sites is 1. The molecule has 0 heterocycles. The van der Waals surface area contributed by atoms with E-state index in [-0.39, 0.29) is 6.10 Å². The maximum atomic E-state index is 11.1. The summed E-state index contributed by atoms with van der Waals surface area (Å²) in [6, 6.07) is 8.35. The highest BCUT2D eigenvalue weighted by Crippen LogP contribution is 2.09. The monoisotopic (exact) mass is 236 g/mol. The van der Waals surface area contributed by atoms with E-state index >= 15 is 0 Å². The Labute approximate surface area is 98.3 Å². The van der Waals surface area contributed by atoms with Crippen molar-refractivity contribution in [3.05, 3.63) is 30.3 Å². The minimum atomic E-state index is -0.975. The lowest BCUT2D eigenvalue weighted by molar-refractivity contribution is 0.123. The summed E-state index contributed by atoms with van der Waals surface area (Å²) >= 11 is 0. The molecule has 1 rings (SSSR count). The zero-order chi connectivity index (χ0) is 12.7. The number of nitrogens with zero attached hydrogens (tertiary/aromatic N) is 2. The van der Waals surface area contributed by atoms with Crippen molar-refractivity contribution in [3.8, 4) is 5.75 Å². The molecule has 17 heavy (non-hydrogen) atoms. The first-order valence-electron chi connectivity index (χ1n) is 4.97. The van der Waals surface area contributed by atoms with Crippen molar-refractivity contribution in [2.75, 3.05) is 0 Å². The Balaban J connectivity index is 2.45. The topological polar surface area (TPSA) is 77.3 Å². The predicted molar refractivity (Wildman–Crippen MR) is 58.9 cm³/mol. The summed E-state index contributed by atoms with van der Waals surface area (Å²) < 4.78 is 9.41. The van der Waals surface area contributed by atoms with E-state index < -0.39 is 12.2 Å². The number of ether oxygens (including phenoxy) is 2. The van der Waals surface area contributed by atoms with E-state index in [0.29, 0.717) is 5.75 Å². The van der Waals surface area contributed by atoms with Crippen molar-refractivity contribution in [2.24, 2.45) is 10.2 Å². The van der Waals surface area contributed by atoms with Crippen LogP contribution in [0.1, 0.15) is 13.8 Å². The van der Waals surface area contributed by atoms with E-state index in [2.05, 4.69) is 15.0 Å². The van der Waals surface area contributed by atoms with Crippen molar-refractivity contribution < 1.29 is 19.1 Å². The van der Waals surface area contributed by atoms with Crippen LogP contribution < -0.4 is 4.74 Å². The molecule has 0 saturated heterocycles. The predicted octanol–water partition coefficient (Wildman–Crippen LogP) is 3.18. The van der Waals surface area contributed by atoms with Crippen LogP contribution >= 0.6 is 0 Å². The third-order valence-corrected chi connectivity index (χ3v) is 1.50. The maximum Gasteiger partial charge on any atom is 0.458 e. The van der Waals surface area contributed by atoms with Crippen LogP contribution in [-0.2, 0) is 4.74 Å². The molecule has 1 aromatic carbocycles. The van der Waals surface area contributed by atoms with E-state index in [4.69, 9.17) is 4.74 Å². The van der Waals surface area contributed by atoms with Crippen LogP contribution in [0.5, 0.6) is 5.75 Å². The first kappa shape index (κ1) is 12.8. The average molecular weight is 236 g/mol. The fourth-order valence-electron chi connectivity index (χ4n) is 0.917. The standard InChI is InChI=1S/C11H12N2O4/c1-8(2)16-10(14)12-13-11(15)17-9-6-4-3-5-7-9/h3-8H,1-2H3/b13-12+. The minimum Gasteiger partial charge on any atom is -0.444 e. The van der Waals surface area contributed by atoms with Gasteiger partial charge in [0.1, 0.15) is 5.75 Å². The van der Waals surface area contributed by atoms with Crippen molar-refractivity contribution >= 4 is 12.2 Å². The number of rotatable bonds is 2. The van der Waals surface area contributed by atoms with Crippen LogP contribution in [0.15, 0.2) is 40.6 Å². The van der Waals surface area contributed by atoms with E-state index in [0.717, 1.165) is 0 Å². The molecule has 6 nitrogen and oxygen atoms in total. The van der Waals surface area contributed by atoms with Crippen LogP contribution in [0.3, 0.4) is 0 Å². The lowest BCUT2D eigenvalue weighted by Crippen LogP contribution is -2.08. The van der Waals surface area contributed by atoms with Gasteiger partial charge in [0.25, 0.3) is 0 Å². The van der Waals surface area contributed by atoms with E-state index in [1.165, 1.54) is 0 Å². The second-order valence-corrected chi connectivity index (χ2v) is 3.31. The zero-order valence-electron chi connectivity index (χ0n) is 9.49. The zero-order valence-corrected chi connectivity index (χ0v) is 9.49. The first-order chi connectivity index (χ1) is 8.08. The van der Waals surface area contributed by atoms with Crippen LogP contribution in [0.4, 0.5) is 9.59 Å². The van der Waals surface area contributed by atoms with Crippen molar-refractivity contribution in [2.45, 2.75) is 20.0 Å². The summed E-state index contributed by atoms with van der Waals surface area (Å²) in [4.78, 5) is 22.0. The Bertz CT molecular complexity index is 415. The van der Waals surface area contributed by atoms with Crippen molar-refractivity contribution in [1.29, 1.82) is 0 Å². The number of benzene rings is 1. The van der Waals surface area contributed by atoms with Gasteiger partial charge in [0, 0.05) is 0 Å². The molecule has 1 aromatic rings. The summed E-state index contributed by atoms with van der Waals surface area (Å²) in [5, 5.41) is 6.11. The third kappa shape index (κ3) is 5.41. The molecule has 0 N–H and O–H groups in total. The largest absolute Gasteiger partial charge is 0.458 e. The van der Waals surface area contributed by atoms with Crippen LogP contribution in [-0.4, -0.2) is 18.3 Å². The van der Waals surface area contributed by atoms with Gasteiger partial charge in [0.05, 0.1) is 6.10 Å². The van der Waals surface area contributed by atoms with E-state index in [1.807, 2.05) is 0 Å². The number of amides is 2. The average Bonchev–Trinajstić information content (AvgIpc) is 2.27. The smallest absolute Gasteiger partial charge is 0.444 e. The fraction of sp³-hybridized carbons (Fsp3) is 0.273. The lowest BCUT2D eigenvalue weighted by Gasteiger charge is -2.02. The van der Waals surface area contributed by atoms with Gasteiger partial charge in [-0.05, 0) is 26.0 Å². The Morgan fingerprint density at radius 2 is 1.65 bits per heavy atom. The number of azo groups is 1. The molecule has 0 bridgehead atoms. The van der Waals surface area contributed by atoms with Gasteiger partial charge in [-0.2, -0.15) is 0 Å². The second-order valence-electron chi connectivity index (χ2n) is 3.31. The second kappa shape index (κ2) is 6.37. The molecule has 0 spiro atoms. The van der Waals surface area contributed by atoms with Gasteiger partial charge in [-0.15, -0.1) is 0 Å². The van der Waals surface area contributed by atoms with Crippen LogP contribution in [0.25, 0.3) is 0 Å². The molecule has 90 valence electrons. The Morgan fingerprint density at radius 3 is 2.24 bits per heavy atom. The van der Waals surface area contributed by atoms with E-state index in [1.54, 1.807) is 44.2 Å². The molecule has 0 aromatic heterocycles. The Hall–Kier alpha value is -2.24. The van der Waals surface area contributed by atoms with Gasteiger partial charge < -0.3 is 9.47 Å². The highest BCUT2D eigenvalue weighted by Gasteiger charge is 2.06. The number of hydrogen-bond donors (Lipinski definition) is 0. The Morgan fingerprint density at radius 1 is 1.06 bits per heavy atom. The van der Waals surface area contributed by atoms with Gasteiger partial charge in [-0.25, -0.2) is 9.59 Å². The highest BCUT2D eigenvalue weighted by molar-refractivity contribution is 5.74. The molecular weight excluding hydrogens is 224 g/mol. The SMILES string of the molecule is CC(C)OC(=O)/N=N/C(=O)Oc1ccccc1. The molecule has 0 unspecified atom stereocenters. The van der Waals surface area contributed by atoms with Gasteiger partial charge in [0.2, 0.25) is 0 Å². The Kier molecular flexibility index (Phi) is 4.80. The summed E-state index contributed by atoms with van der Waals surface area (Å²) in [5.74, 6) is 0.327. The van der Waals surface area contributed by atoms with Crippen molar-refractivity contribution in [3.63, 3.8) is 0 Å². The van der Waals surface area contributed by atoms with Crippen LogP contribution in [0.2, 0.25) is 0 Å². The molecule has 0 aliphatic heterocycles. The molecule has 0 radical (unpaired) electrons. The molecule has 6 heteroatoms. The summed E-state index contributed by atoms with van der Waals surface area (Å²) in [5.41, 5.74) is 0. The summed E-state index contributed by atoms with van der Waals surface area (Å²) in [6.07, 6.45) is -2.21. The molecule has 2 amide bonds. The van der Waals surface area contributed by atoms with Gasteiger partial charge in [-0.3, -0.25) is 0 Å². The van der Waals surface area contributed by atoms with Crippen molar-refractivity contribution in [1.82, 2.24) is 0 Å². The molecular formula is C11H12N2O4. The number of carbonyl (C=O) groups is 2. The van der Waals surface area contributed by atoms with Gasteiger partial charge in [-0.1, -0.05) is 28.4 Å². The fourth-order valence-corrected chi connectivity index (χ4v) is 0.917. The molecule has 0 aliphatic rings. The highest BCUT2D eigenvalue weighted by atomic mass is 16.6. The van der Waals surface area contributed by atoms with E-state index in [9.17, 15) is 9.59 Å². The molecule has 0 atom stereocenters. The summed E-state index contributed by atoms with van der Waals surface area (Å²) in [7, 11) is 0. The summed E-state index contributed by atoms with van der Waals surface area (Å²) in [6.45, 7) is 3.32.